The van der Waals surface area contributed by atoms with Crippen LogP contribution in [0.4, 0.5) is 0 Å². The van der Waals surface area contributed by atoms with Crippen LogP contribution in [0.2, 0.25) is 0 Å². The molecular formula is C24H30N4O6. The average Bonchev–Trinajstić information content (AvgIpc) is 2.83. The van der Waals surface area contributed by atoms with E-state index in [9.17, 15) is 24.3 Å². The number of benzene rings is 2. The first-order chi connectivity index (χ1) is 16.2. The third kappa shape index (κ3) is 8.30. The largest absolute Gasteiger partial charge is 0.480 e. The molecule has 4 atom stereocenters. The van der Waals surface area contributed by atoms with Crippen molar-refractivity contribution < 1.29 is 29.4 Å². The number of nitrogens with one attached hydrogen (secondary N) is 3. The molecule has 0 aliphatic heterocycles. The van der Waals surface area contributed by atoms with Crippen LogP contribution in [0.5, 0.6) is 0 Å². The first-order valence-corrected chi connectivity index (χ1v) is 10.8. The molecule has 0 aliphatic carbocycles. The van der Waals surface area contributed by atoms with E-state index in [2.05, 4.69) is 16.0 Å². The topological polar surface area (TPSA) is 171 Å². The molecule has 2 aromatic carbocycles. The third-order valence-electron chi connectivity index (χ3n) is 5.10. The Bertz CT molecular complexity index is 970. The minimum atomic E-state index is -1.21. The molecule has 3 amide bonds. The number of carbonyl (C=O) groups is 4. The SMILES string of the molecule is CC(NC(=O)C(N)CO)C(=O)NC(Cc1ccccc1)C(=O)NC(Cc1ccccc1)C(=O)O. The van der Waals surface area contributed by atoms with Gasteiger partial charge in [-0.1, -0.05) is 60.7 Å². The van der Waals surface area contributed by atoms with E-state index in [0.717, 1.165) is 11.1 Å². The molecule has 0 saturated heterocycles. The summed E-state index contributed by atoms with van der Waals surface area (Å²) in [5.41, 5.74) is 6.93. The van der Waals surface area contributed by atoms with Crippen molar-refractivity contribution >= 4 is 23.7 Å². The van der Waals surface area contributed by atoms with Crippen molar-refractivity contribution in [3.63, 3.8) is 0 Å². The van der Waals surface area contributed by atoms with Gasteiger partial charge in [0.2, 0.25) is 17.7 Å². The van der Waals surface area contributed by atoms with Gasteiger partial charge in [0.25, 0.3) is 0 Å². The second-order valence-electron chi connectivity index (χ2n) is 7.86. The molecule has 34 heavy (non-hydrogen) atoms. The number of carbonyl (C=O) groups excluding carboxylic acids is 3. The fourth-order valence-electron chi connectivity index (χ4n) is 3.15. The summed E-state index contributed by atoms with van der Waals surface area (Å²) < 4.78 is 0. The summed E-state index contributed by atoms with van der Waals surface area (Å²) >= 11 is 0. The molecule has 4 unspecified atom stereocenters. The zero-order valence-corrected chi connectivity index (χ0v) is 18.8. The number of hydrogen-bond acceptors (Lipinski definition) is 6. The maximum Gasteiger partial charge on any atom is 0.326 e. The zero-order chi connectivity index (χ0) is 25.1. The molecule has 0 radical (unpaired) electrons. The van der Waals surface area contributed by atoms with E-state index in [1.165, 1.54) is 6.92 Å². The van der Waals surface area contributed by atoms with Crippen molar-refractivity contribution in [2.45, 2.75) is 43.9 Å². The molecule has 0 aliphatic rings. The van der Waals surface area contributed by atoms with Crippen LogP contribution in [-0.4, -0.2) is 64.7 Å². The van der Waals surface area contributed by atoms with E-state index in [4.69, 9.17) is 10.8 Å². The molecule has 0 fully saturated rings. The quantitative estimate of drug-likeness (QED) is 0.239. The second-order valence-corrected chi connectivity index (χ2v) is 7.86. The molecule has 0 saturated carbocycles. The van der Waals surface area contributed by atoms with Crippen LogP contribution in [0.15, 0.2) is 60.7 Å². The smallest absolute Gasteiger partial charge is 0.326 e. The van der Waals surface area contributed by atoms with Crippen molar-refractivity contribution in [1.82, 2.24) is 16.0 Å². The molecule has 2 aromatic rings. The molecule has 7 N–H and O–H groups in total. The predicted octanol–water partition coefficient (Wildman–Crippen LogP) is -0.650. The standard InChI is InChI=1S/C24H30N4O6/c1-15(26-22(31)18(25)14-29)21(30)27-19(12-16-8-4-2-5-9-16)23(32)28-20(24(33)34)13-17-10-6-3-7-11-17/h2-11,15,18-20,29H,12-14,25H2,1H3,(H,26,31)(H,27,30)(H,28,32)(H,33,34). The Labute approximate surface area is 197 Å². The summed E-state index contributed by atoms with van der Waals surface area (Å²) in [6, 6.07) is 13.2. The Morgan fingerprint density at radius 1 is 0.765 bits per heavy atom. The van der Waals surface area contributed by atoms with Crippen LogP contribution >= 0.6 is 0 Å². The fourth-order valence-corrected chi connectivity index (χ4v) is 3.15. The Balaban J connectivity index is 2.14. The highest BCUT2D eigenvalue weighted by Gasteiger charge is 2.29. The summed E-state index contributed by atoms with van der Waals surface area (Å²) in [7, 11) is 0. The molecule has 0 heterocycles. The number of aliphatic hydroxyl groups is 1. The minimum Gasteiger partial charge on any atom is -0.480 e. The molecule has 2 rings (SSSR count). The van der Waals surface area contributed by atoms with Gasteiger partial charge in [-0.3, -0.25) is 14.4 Å². The molecule has 182 valence electrons. The van der Waals surface area contributed by atoms with E-state index in [1.807, 2.05) is 0 Å². The Morgan fingerprint density at radius 2 is 1.24 bits per heavy atom. The van der Waals surface area contributed by atoms with E-state index in [1.54, 1.807) is 60.7 Å². The minimum absolute atomic E-state index is 0.0689. The number of aliphatic hydroxyl groups excluding tert-OH is 1. The van der Waals surface area contributed by atoms with Gasteiger partial charge < -0.3 is 31.9 Å². The molecular weight excluding hydrogens is 440 g/mol. The van der Waals surface area contributed by atoms with Crippen LogP contribution in [0.1, 0.15) is 18.1 Å². The highest BCUT2D eigenvalue weighted by molar-refractivity contribution is 5.94. The lowest BCUT2D eigenvalue weighted by atomic mass is 10.0. The third-order valence-corrected chi connectivity index (χ3v) is 5.10. The van der Waals surface area contributed by atoms with Gasteiger partial charge in [-0.05, 0) is 18.1 Å². The van der Waals surface area contributed by atoms with Gasteiger partial charge >= 0.3 is 5.97 Å². The lowest BCUT2D eigenvalue weighted by Crippen LogP contribution is -2.57. The van der Waals surface area contributed by atoms with E-state index < -0.39 is 54.5 Å². The van der Waals surface area contributed by atoms with E-state index in [-0.39, 0.29) is 12.8 Å². The van der Waals surface area contributed by atoms with Crippen molar-refractivity contribution in [2.24, 2.45) is 5.73 Å². The number of aliphatic carboxylic acids is 1. The monoisotopic (exact) mass is 470 g/mol. The van der Waals surface area contributed by atoms with Gasteiger partial charge in [0, 0.05) is 12.8 Å². The van der Waals surface area contributed by atoms with Crippen LogP contribution in [0.3, 0.4) is 0 Å². The van der Waals surface area contributed by atoms with Gasteiger partial charge in [0.15, 0.2) is 0 Å². The summed E-state index contributed by atoms with van der Waals surface area (Å²) in [6.45, 7) is 0.821. The van der Waals surface area contributed by atoms with Gasteiger partial charge in [0.1, 0.15) is 24.2 Å². The van der Waals surface area contributed by atoms with Crippen LogP contribution in [0.25, 0.3) is 0 Å². The van der Waals surface area contributed by atoms with Crippen LogP contribution in [-0.2, 0) is 32.0 Å². The van der Waals surface area contributed by atoms with Gasteiger partial charge in [0.05, 0.1) is 6.61 Å². The van der Waals surface area contributed by atoms with Crippen LogP contribution in [0, 0.1) is 0 Å². The molecule has 0 aromatic heterocycles. The van der Waals surface area contributed by atoms with Crippen molar-refractivity contribution in [1.29, 1.82) is 0 Å². The van der Waals surface area contributed by atoms with Crippen molar-refractivity contribution in [2.75, 3.05) is 6.61 Å². The zero-order valence-electron chi connectivity index (χ0n) is 18.8. The maximum absolute atomic E-state index is 13.1. The van der Waals surface area contributed by atoms with Gasteiger partial charge in [-0.25, -0.2) is 4.79 Å². The first kappa shape index (κ1) is 26.5. The Kier molecular flexibility index (Phi) is 10.2. The lowest BCUT2D eigenvalue weighted by Gasteiger charge is -2.24. The number of amides is 3. The number of nitrogens with two attached hydrogens (primary N) is 1. The van der Waals surface area contributed by atoms with Gasteiger partial charge in [-0.15, -0.1) is 0 Å². The number of rotatable bonds is 12. The van der Waals surface area contributed by atoms with E-state index in [0.29, 0.717) is 0 Å². The number of hydrogen-bond donors (Lipinski definition) is 6. The predicted molar refractivity (Wildman–Crippen MR) is 124 cm³/mol. The van der Waals surface area contributed by atoms with Crippen molar-refractivity contribution in [3.05, 3.63) is 71.8 Å². The number of carboxylic acid groups (broad SMARTS) is 1. The van der Waals surface area contributed by atoms with Gasteiger partial charge in [-0.2, -0.15) is 0 Å². The summed E-state index contributed by atoms with van der Waals surface area (Å²) in [4.78, 5) is 49.4. The molecule has 10 nitrogen and oxygen atoms in total. The average molecular weight is 471 g/mol. The highest BCUT2D eigenvalue weighted by atomic mass is 16.4. The highest BCUT2D eigenvalue weighted by Crippen LogP contribution is 2.07. The molecule has 0 spiro atoms. The lowest BCUT2D eigenvalue weighted by molar-refractivity contribution is -0.142. The molecule has 0 bridgehead atoms. The summed E-state index contributed by atoms with van der Waals surface area (Å²) in [6.07, 6.45) is 0.173. The fraction of sp³-hybridized carbons (Fsp3) is 0.333. The number of carboxylic acids is 1. The first-order valence-electron chi connectivity index (χ1n) is 10.8. The second kappa shape index (κ2) is 13.1. The molecule has 10 heteroatoms. The summed E-state index contributed by atoms with van der Waals surface area (Å²) in [5, 5.41) is 26.0. The maximum atomic E-state index is 13.1. The van der Waals surface area contributed by atoms with Crippen LogP contribution < -0.4 is 21.7 Å². The summed E-state index contributed by atoms with van der Waals surface area (Å²) in [5.74, 6) is -3.26. The van der Waals surface area contributed by atoms with E-state index >= 15 is 0 Å². The Morgan fingerprint density at radius 3 is 1.71 bits per heavy atom. The normalized spacial score (nSPS) is 14.2. The van der Waals surface area contributed by atoms with Crippen molar-refractivity contribution in [3.8, 4) is 0 Å². The Hall–Kier alpha value is -3.76.